The standard InChI is InChI=1S/C28H25ClN4O2S/c1-17-8-11-20(12-9-17)24-15-23(19-6-4-3-5-7-19)32-33(24)28-31-27(35)25(36-28)16-26(34)30-21-13-10-18(2)22(29)14-21/h3-14,24-25H,15-16H2,1-2H3,(H,30,34)/t24-,25+/m1/s1. The van der Waals surface area contributed by atoms with Gasteiger partial charge in [-0.1, -0.05) is 89.6 Å². The zero-order valence-corrected chi connectivity index (χ0v) is 21.5. The summed E-state index contributed by atoms with van der Waals surface area (Å²) in [6.45, 7) is 3.95. The summed E-state index contributed by atoms with van der Waals surface area (Å²) < 4.78 is 0. The van der Waals surface area contributed by atoms with Gasteiger partial charge in [0.15, 0.2) is 5.17 Å². The fraction of sp³-hybridized carbons (Fsp3) is 0.214. The predicted octanol–water partition coefficient (Wildman–Crippen LogP) is 6.13. The molecule has 0 radical (unpaired) electrons. The molecule has 8 heteroatoms. The predicted molar refractivity (Wildman–Crippen MR) is 147 cm³/mol. The molecule has 0 bridgehead atoms. The van der Waals surface area contributed by atoms with Gasteiger partial charge in [0.1, 0.15) is 5.25 Å². The van der Waals surface area contributed by atoms with Gasteiger partial charge < -0.3 is 5.32 Å². The number of halogens is 1. The van der Waals surface area contributed by atoms with Crippen molar-refractivity contribution in [3.8, 4) is 0 Å². The summed E-state index contributed by atoms with van der Waals surface area (Å²) in [5.74, 6) is -0.583. The number of amides is 2. The Bertz CT molecular complexity index is 1370. The summed E-state index contributed by atoms with van der Waals surface area (Å²) >= 11 is 7.46. The Morgan fingerprint density at radius 3 is 2.56 bits per heavy atom. The summed E-state index contributed by atoms with van der Waals surface area (Å²) in [4.78, 5) is 29.8. The van der Waals surface area contributed by atoms with Crippen molar-refractivity contribution in [3.05, 3.63) is 100 Å². The van der Waals surface area contributed by atoms with Gasteiger partial charge in [0.2, 0.25) is 5.91 Å². The molecular weight excluding hydrogens is 492 g/mol. The molecule has 6 nitrogen and oxygen atoms in total. The molecule has 3 aromatic carbocycles. The highest BCUT2D eigenvalue weighted by Crippen LogP contribution is 2.38. The molecule has 0 saturated carbocycles. The maximum atomic E-state index is 12.8. The summed E-state index contributed by atoms with van der Waals surface area (Å²) in [5.41, 5.74) is 5.79. The van der Waals surface area contributed by atoms with Crippen molar-refractivity contribution in [2.75, 3.05) is 5.32 Å². The summed E-state index contributed by atoms with van der Waals surface area (Å²) in [7, 11) is 0. The quantitative estimate of drug-likeness (QED) is 0.442. The minimum absolute atomic E-state index is 0.0142. The molecule has 3 aromatic rings. The number of hydrogen-bond acceptors (Lipinski definition) is 5. The molecule has 2 heterocycles. The average Bonchev–Trinajstić information content (AvgIpc) is 3.46. The van der Waals surface area contributed by atoms with Crippen LogP contribution in [0.15, 0.2) is 82.9 Å². The van der Waals surface area contributed by atoms with E-state index in [1.807, 2.05) is 48.3 Å². The number of thioether (sulfide) groups is 1. The number of anilines is 1. The lowest BCUT2D eigenvalue weighted by atomic mass is 9.98. The number of carbonyl (C=O) groups is 2. The molecule has 0 aliphatic carbocycles. The van der Waals surface area contributed by atoms with E-state index in [1.54, 1.807) is 12.1 Å². The minimum Gasteiger partial charge on any atom is -0.326 e. The zero-order chi connectivity index (χ0) is 25.2. The Morgan fingerprint density at radius 1 is 1.08 bits per heavy atom. The van der Waals surface area contributed by atoms with E-state index in [0.29, 0.717) is 22.3 Å². The van der Waals surface area contributed by atoms with Gasteiger partial charge in [0.05, 0.1) is 11.8 Å². The lowest BCUT2D eigenvalue weighted by Crippen LogP contribution is -2.25. The number of nitrogens with zero attached hydrogens (tertiary/aromatic N) is 3. The van der Waals surface area contributed by atoms with Crippen molar-refractivity contribution in [2.24, 2.45) is 10.1 Å². The second-order valence-electron chi connectivity index (χ2n) is 8.94. The van der Waals surface area contributed by atoms with Crippen LogP contribution < -0.4 is 5.32 Å². The van der Waals surface area contributed by atoms with E-state index < -0.39 is 5.25 Å². The molecule has 182 valence electrons. The fourth-order valence-electron chi connectivity index (χ4n) is 4.20. The molecule has 0 aromatic heterocycles. The van der Waals surface area contributed by atoms with Crippen LogP contribution in [0.25, 0.3) is 0 Å². The smallest absolute Gasteiger partial charge is 0.262 e. The fourth-order valence-corrected chi connectivity index (χ4v) is 5.44. The van der Waals surface area contributed by atoms with Crippen molar-refractivity contribution in [2.45, 2.75) is 38.0 Å². The highest BCUT2D eigenvalue weighted by molar-refractivity contribution is 8.15. The maximum Gasteiger partial charge on any atom is 0.262 e. The normalized spacial score (nSPS) is 19.3. The minimum atomic E-state index is -0.601. The molecule has 0 unspecified atom stereocenters. The number of aliphatic imine (C=N–C) groups is 1. The van der Waals surface area contributed by atoms with E-state index in [-0.39, 0.29) is 24.3 Å². The topological polar surface area (TPSA) is 74.1 Å². The van der Waals surface area contributed by atoms with E-state index in [1.165, 1.54) is 17.3 Å². The van der Waals surface area contributed by atoms with Gasteiger partial charge >= 0.3 is 0 Å². The van der Waals surface area contributed by atoms with Gasteiger partial charge in [-0.05, 0) is 42.7 Å². The average molecular weight is 517 g/mol. The summed E-state index contributed by atoms with van der Waals surface area (Å²) in [6.07, 6.45) is 0.709. The van der Waals surface area contributed by atoms with Crippen molar-refractivity contribution < 1.29 is 9.59 Å². The van der Waals surface area contributed by atoms with Crippen LogP contribution in [0, 0.1) is 13.8 Å². The van der Waals surface area contributed by atoms with E-state index in [9.17, 15) is 9.59 Å². The molecule has 2 amide bonds. The summed E-state index contributed by atoms with van der Waals surface area (Å²) in [6, 6.07) is 23.6. The van der Waals surface area contributed by atoms with E-state index in [0.717, 1.165) is 22.4 Å². The highest BCUT2D eigenvalue weighted by Gasteiger charge is 2.39. The molecule has 0 saturated heterocycles. The molecule has 1 N–H and O–H groups in total. The summed E-state index contributed by atoms with van der Waals surface area (Å²) in [5, 5.41) is 10.1. The van der Waals surface area contributed by atoms with Gasteiger partial charge in [-0.15, -0.1) is 0 Å². The van der Waals surface area contributed by atoms with Crippen LogP contribution in [-0.4, -0.2) is 33.0 Å². The van der Waals surface area contributed by atoms with Gasteiger partial charge in [0.25, 0.3) is 5.91 Å². The maximum absolute atomic E-state index is 12.8. The first kappa shape index (κ1) is 24.3. The molecule has 2 aliphatic heterocycles. The SMILES string of the molecule is Cc1ccc([C@H]2CC(c3ccccc3)=NN2C2=NC(=O)[C@H](CC(=O)Nc3ccc(C)c(Cl)c3)S2)cc1. The van der Waals surface area contributed by atoms with E-state index >= 15 is 0 Å². The van der Waals surface area contributed by atoms with Crippen LogP contribution in [0.1, 0.15) is 41.1 Å². The number of hydrogen-bond donors (Lipinski definition) is 1. The third kappa shape index (κ3) is 5.22. The molecule has 0 spiro atoms. The van der Waals surface area contributed by atoms with Crippen molar-refractivity contribution in [1.82, 2.24) is 5.01 Å². The Hall–Kier alpha value is -3.42. The van der Waals surface area contributed by atoms with Crippen LogP contribution in [0.5, 0.6) is 0 Å². The van der Waals surface area contributed by atoms with Gasteiger partial charge in [0, 0.05) is 23.6 Å². The largest absolute Gasteiger partial charge is 0.326 e. The second kappa shape index (κ2) is 10.3. The number of nitrogens with one attached hydrogen (secondary N) is 1. The Morgan fingerprint density at radius 2 is 1.83 bits per heavy atom. The monoisotopic (exact) mass is 516 g/mol. The Balaban J connectivity index is 1.33. The number of rotatable bonds is 5. The molecular formula is C28H25ClN4O2S. The lowest BCUT2D eigenvalue weighted by molar-refractivity contribution is -0.121. The van der Waals surface area contributed by atoms with Crippen molar-refractivity contribution in [1.29, 1.82) is 0 Å². The molecule has 2 atom stereocenters. The lowest BCUT2D eigenvalue weighted by Gasteiger charge is -2.23. The number of amidine groups is 1. The molecule has 36 heavy (non-hydrogen) atoms. The number of carbonyl (C=O) groups excluding carboxylic acids is 2. The van der Waals surface area contributed by atoms with Crippen LogP contribution in [-0.2, 0) is 9.59 Å². The first-order valence-electron chi connectivity index (χ1n) is 11.7. The van der Waals surface area contributed by atoms with Crippen LogP contribution in [0.3, 0.4) is 0 Å². The second-order valence-corrected chi connectivity index (χ2v) is 10.5. The van der Waals surface area contributed by atoms with E-state index in [4.69, 9.17) is 16.7 Å². The number of hydrazone groups is 1. The van der Waals surface area contributed by atoms with Crippen LogP contribution in [0.2, 0.25) is 5.02 Å². The zero-order valence-electron chi connectivity index (χ0n) is 19.9. The van der Waals surface area contributed by atoms with Crippen molar-refractivity contribution in [3.63, 3.8) is 0 Å². The van der Waals surface area contributed by atoms with Gasteiger partial charge in [-0.3, -0.25) is 9.59 Å². The van der Waals surface area contributed by atoms with Crippen molar-refractivity contribution >= 4 is 51.7 Å². The first-order chi connectivity index (χ1) is 17.4. The van der Waals surface area contributed by atoms with Crippen LogP contribution in [0.4, 0.5) is 5.69 Å². The van der Waals surface area contributed by atoms with Gasteiger partial charge in [-0.2, -0.15) is 10.1 Å². The highest BCUT2D eigenvalue weighted by atomic mass is 35.5. The number of aryl methyl sites for hydroxylation is 2. The molecule has 0 fully saturated rings. The Labute approximate surface area is 219 Å². The molecule has 5 rings (SSSR count). The van der Waals surface area contributed by atoms with Crippen LogP contribution >= 0.6 is 23.4 Å². The first-order valence-corrected chi connectivity index (χ1v) is 13.0. The number of benzene rings is 3. The molecule has 2 aliphatic rings. The van der Waals surface area contributed by atoms with Gasteiger partial charge in [-0.25, -0.2) is 5.01 Å². The third-order valence-electron chi connectivity index (χ3n) is 6.23. The third-order valence-corrected chi connectivity index (χ3v) is 7.78. The Kier molecular flexibility index (Phi) is 6.94. The van der Waals surface area contributed by atoms with E-state index in [2.05, 4.69) is 41.5 Å².